The summed E-state index contributed by atoms with van der Waals surface area (Å²) in [7, 11) is 7.71. The van der Waals surface area contributed by atoms with Crippen LogP contribution in [-0.4, -0.2) is 56.1 Å². The molecule has 7 nitrogen and oxygen atoms in total. The second kappa shape index (κ2) is 10.6. The molecule has 4 aromatic carbocycles. The molecule has 4 aromatic rings. The Hall–Kier alpha value is -4.91. The van der Waals surface area contributed by atoms with Crippen LogP contribution in [0, 0.1) is 0 Å². The first-order valence-electron chi connectivity index (χ1n) is 11.9. The molecular weight excluding hydrogens is 480 g/mol. The fraction of sp³-hybridized carbons (Fsp3) is 0.129. The number of hydrogen-bond acceptors (Lipinski definition) is 5. The Kier molecular flexibility index (Phi) is 7.30. The summed E-state index contributed by atoms with van der Waals surface area (Å²) in [5, 5.41) is 19.8. The molecule has 0 saturated carbocycles. The zero-order valence-electron chi connectivity index (χ0n) is 21.6. The smallest absolute Gasteiger partial charge is 0.336 e. The number of carboxylic acid groups (broad SMARTS) is 2. The predicted octanol–water partition coefficient (Wildman–Crippen LogP) is 5.78. The second-order valence-electron chi connectivity index (χ2n) is 9.34. The van der Waals surface area contributed by atoms with Gasteiger partial charge < -0.3 is 20.0 Å². The van der Waals surface area contributed by atoms with E-state index in [4.69, 9.17) is 0 Å². The van der Waals surface area contributed by atoms with E-state index in [0.717, 1.165) is 22.5 Å². The average Bonchev–Trinajstić information content (AvgIpc) is 2.92. The Morgan fingerprint density at radius 3 is 1.08 bits per heavy atom. The molecule has 7 heteroatoms. The number of carboxylic acids is 2. The summed E-state index contributed by atoms with van der Waals surface area (Å²) in [4.78, 5) is 41.7. The van der Waals surface area contributed by atoms with Crippen molar-refractivity contribution in [3.05, 3.63) is 107 Å². The second-order valence-corrected chi connectivity index (χ2v) is 9.34. The van der Waals surface area contributed by atoms with Crippen LogP contribution in [0.15, 0.2) is 84.9 Å². The first-order valence-corrected chi connectivity index (χ1v) is 11.9. The average molecular weight is 509 g/mol. The molecule has 0 spiro atoms. The van der Waals surface area contributed by atoms with E-state index in [1.165, 1.54) is 24.3 Å². The highest BCUT2D eigenvalue weighted by atomic mass is 16.4. The number of carbonyl (C=O) groups excluding carboxylic acids is 1. The van der Waals surface area contributed by atoms with Crippen LogP contribution in [0.2, 0.25) is 0 Å². The van der Waals surface area contributed by atoms with Crippen molar-refractivity contribution in [1.29, 1.82) is 0 Å². The molecule has 0 saturated heterocycles. The van der Waals surface area contributed by atoms with Gasteiger partial charge in [0.15, 0.2) is 5.78 Å². The lowest BCUT2D eigenvalue weighted by atomic mass is 9.90. The van der Waals surface area contributed by atoms with E-state index in [0.29, 0.717) is 11.1 Å². The Labute approximate surface area is 221 Å². The van der Waals surface area contributed by atoms with E-state index < -0.39 is 17.7 Å². The highest BCUT2D eigenvalue weighted by Crippen LogP contribution is 2.29. The first-order chi connectivity index (χ1) is 18.1. The van der Waals surface area contributed by atoms with Crippen LogP contribution in [-0.2, 0) is 0 Å². The number of hydrogen-bond donors (Lipinski definition) is 2. The SMILES string of the molecule is CN(C)c1ccc(-c2ccc(C(=O)c3ccc(-c4ccc(N(C)C)cc4)cc3C(=O)O)c(C(=O)O)c2)cc1. The zero-order chi connectivity index (χ0) is 27.6. The maximum atomic E-state index is 13.5. The van der Waals surface area contributed by atoms with Gasteiger partial charge in [-0.1, -0.05) is 36.4 Å². The van der Waals surface area contributed by atoms with Crippen molar-refractivity contribution < 1.29 is 24.6 Å². The molecule has 0 aromatic heterocycles. The molecule has 38 heavy (non-hydrogen) atoms. The molecule has 0 aliphatic rings. The lowest BCUT2D eigenvalue weighted by molar-refractivity contribution is 0.0686. The fourth-order valence-corrected chi connectivity index (χ4v) is 4.25. The summed E-state index contributed by atoms with van der Waals surface area (Å²) in [6, 6.07) is 24.3. The van der Waals surface area contributed by atoms with Crippen molar-refractivity contribution in [3.8, 4) is 22.3 Å². The Balaban J connectivity index is 1.73. The number of nitrogens with zero attached hydrogens (tertiary/aromatic N) is 2. The van der Waals surface area contributed by atoms with Crippen molar-refractivity contribution in [1.82, 2.24) is 0 Å². The van der Waals surface area contributed by atoms with Gasteiger partial charge in [-0.25, -0.2) is 9.59 Å². The molecule has 4 rings (SSSR count). The first kappa shape index (κ1) is 26.2. The molecule has 192 valence electrons. The van der Waals surface area contributed by atoms with Crippen LogP contribution < -0.4 is 9.80 Å². The van der Waals surface area contributed by atoms with Crippen LogP contribution in [0.5, 0.6) is 0 Å². The van der Waals surface area contributed by atoms with E-state index in [2.05, 4.69) is 0 Å². The molecule has 0 fully saturated rings. The van der Waals surface area contributed by atoms with Gasteiger partial charge in [-0.2, -0.15) is 0 Å². The summed E-state index contributed by atoms with van der Waals surface area (Å²) < 4.78 is 0. The van der Waals surface area contributed by atoms with E-state index in [1.807, 2.05) is 86.5 Å². The van der Waals surface area contributed by atoms with E-state index in [-0.39, 0.29) is 22.3 Å². The third-order valence-electron chi connectivity index (χ3n) is 6.42. The molecule has 0 amide bonds. The van der Waals surface area contributed by atoms with Crippen LogP contribution in [0.1, 0.15) is 36.6 Å². The van der Waals surface area contributed by atoms with Crippen molar-refractivity contribution in [3.63, 3.8) is 0 Å². The summed E-state index contributed by atoms with van der Waals surface area (Å²) in [6.45, 7) is 0. The number of aromatic carboxylic acids is 2. The van der Waals surface area contributed by atoms with Crippen molar-refractivity contribution in [2.24, 2.45) is 0 Å². The highest BCUT2D eigenvalue weighted by Gasteiger charge is 2.24. The van der Waals surface area contributed by atoms with Gasteiger partial charge in [0.1, 0.15) is 0 Å². The Morgan fingerprint density at radius 2 is 0.789 bits per heavy atom. The Morgan fingerprint density at radius 1 is 0.474 bits per heavy atom. The van der Waals surface area contributed by atoms with Gasteiger partial charge in [-0.15, -0.1) is 0 Å². The lowest BCUT2D eigenvalue weighted by Gasteiger charge is -2.14. The van der Waals surface area contributed by atoms with Crippen LogP contribution in [0.3, 0.4) is 0 Å². The maximum Gasteiger partial charge on any atom is 0.336 e. The van der Waals surface area contributed by atoms with Crippen LogP contribution >= 0.6 is 0 Å². The van der Waals surface area contributed by atoms with Gasteiger partial charge in [0.05, 0.1) is 11.1 Å². The normalized spacial score (nSPS) is 10.6. The maximum absolute atomic E-state index is 13.5. The van der Waals surface area contributed by atoms with Gasteiger partial charge in [0.25, 0.3) is 0 Å². The lowest BCUT2D eigenvalue weighted by Crippen LogP contribution is -2.14. The summed E-state index contributed by atoms with van der Waals surface area (Å²) >= 11 is 0. The third-order valence-corrected chi connectivity index (χ3v) is 6.42. The summed E-state index contributed by atoms with van der Waals surface area (Å²) in [6.07, 6.45) is 0. The van der Waals surface area contributed by atoms with E-state index in [9.17, 15) is 24.6 Å². The van der Waals surface area contributed by atoms with Crippen molar-refractivity contribution in [2.45, 2.75) is 0 Å². The highest BCUT2D eigenvalue weighted by molar-refractivity contribution is 6.18. The Bertz CT molecular complexity index is 1410. The van der Waals surface area contributed by atoms with Gasteiger partial charge in [0.2, 0.25) is 0 Å². The van der Waals surface area contributed by atoms with Crippen molar-refractivity contribution in [2.75, 3.05) is 38.0 Å². The molecule has 0 atom stereocenters. The van der Waals surface area contributed by atoms with Gasteiger partial charge in [-0.05, 0) is 70.8 Å². The fourth-order valence-electron chi connectivity index (χ4n) is 4.25. The molecule has 0 heterocycles. The monoisotopic (exact) mass is 508 g/mol. The van der Waals surface area contributed by atoms with Crippen LogP contribution in [0.25, 0.3) is 22.3 Å². The number of carbonyl (C=O) groups is 3. The largest absolute Gasteiger partial charge is 0.478 e. The number of anilines is 2. The molecule has 0 aliphatic heterocycles. The predicted molar refractivity (Wildman–Crippen MR) is 150 cm³/mol. The van der Waals surface area contributed by atoms with Crippen LogP contribution in [0.4, 0.5) is 11.4 Å². The minimum absolute atomic E-state index is 0.0725. The molecule has 2 N–H and O–H groups in total. The van der Waals surface area contributed by atoms with Gasteiger partial charge in [-0.3, -0.25) is 4.79 Å². The number of benzene rings is 4. The summed E-state index contributed by atoms with van der Waals surface area (Å²) in [5.41, 5.74) is 4.34. The van der Waals surface area contributed by atoms with Gasteiger partial charge in [0, 0.05) is 50.7 Å². The minimum atomic E-state index is -1.27. The van der Waals surface area contributed by atoms with E-state index >= 15 is 0 Å². The molecule has 0 bridgehead atoms. The molecule has 0 radical (unpaired) electrons. The summed E-state index contributed by atoms with van der Waals surface area (Å²) in [5.74, 6) is -3.20. The van der Waals surface area contributed by atoms with Crippen molar-refractivity contribution >= 4 is 29.1 Å². The molecule has 0 aliphatic carbocycles. The molecule has 0 unspecified atom stereocenters. The third kappa shape index (κ3) is 5.27. The zero-order valence-corrected chi connectivity index (χ0v) is 21.6. The van der Waals surface area contributed by atoms with E-state index in [1.54, 1.807) is 12.1 Å². The minimum Gasteiger partial charge on any atom is -0.478 e. The standard InChI is InChI=1S/C31H28N2O5/c1-32(2)23-11-5-19(6-12-23)21-9-15-25(27(17-21)30(35)36)29(34)26-16-10-22(18-28(26)31(37)38)20-7-13-24(14-8-20)33(3)4/h5-18H,1-4H3,(H,35,36)(H,37,38). The quantitative estimate of drug-likeness (QED) is 0.291. The molecular formula is C31H28N2O5. The topological polar surface area (TPSA) is 98.2 Å². The number of rotatable bonds is 8. The number of ketones is 1. The van der Waals surface area contributed by atoms with Gasteiger partial charge >= 0.3 is 11.9 Å².